The predicted molar refractivity (Wildman–Crippen MR) is 73.6 cm³/mol. The highest BCUT2D eigenvalue weighted by Gasteiger charge is 2.19. The van der Waals surface area contributed by atoms with Crippen LogP contribution in [-0.2, 0) is 4.57 Å². The summed E-state index contributed by atoms with van der Waals surface area (Å²) in [6.45, 7) is -2.65. The summed E-state index contributed by atoms with van der Waals surface area (Å²) in [5.41, 5.74) is 0. The Morgan fingerprint density at radius 1 is 1.00 bits per heavy atom. The Morgan fingerprint density at radius 2 is 1.62 bits per heavy atom. The van der Waals surface area contributed by atoms with Crippen LogP contribution in [0.1, 0.15) is 25.7 Å². The van der Waals surface area contributed by atoms with Gasteiger partial charge in [-0.15, -0.1) is 11.6 Å². The van der Waals surface area contributed by atoms with Gasteiger partial charge in [0.2, 0.25) is 0 Å². The quantitative estimate of drug-likeness (QED) is 0.404. The summed E-state index contributed by atoms with van der Waals surface area (Å²) in [7, 11) is 0. The molecule has 1 aromatic rings. The fraction of sp³-hybridized carbons (Fsp3) is 0.500. The highest BCUT2D eigenvalue weighted by atomic mass is 35.7. The molecule has 0 amide bonds. The van der Waals surface area contributed by atoms with Gasteiger partial charge in [0, 0.05) is 17.3 Å². The monoisotopic (exact) mass is 278 g/mol. The molecule has 0 aliphatic rings. The molecule has 0 heterocycles. The van der Waals surface area contributed by atoms with Crippen LogP contribution in [0, 0.1) is 0 Å². The third-order valence-electron chi connectivity index (χ3n) is 2.47. The van der Waals surface area contributed by atoms with Crippen molar-refractivity contribution >= 4 is 34.6 Å². The van der Waals surface area contributed by atoms with Crippen molar-refractivity contribution in [3.05, 3.63) is 30.3 Å². The van der Waals surface area contributed by atoms with Crippen molar-refractivity contribution in [1.29, 1.82) is 0 Å². The van der Waals surface area contributed by atoms with Crippen molar-refractivity contribution in [3.8, 4) is 0 Å². The van der Waals surface area contributed by atoms with Crippen molar-refractivity contribution in [2.75, 3.05) is 12.0 Å². The fourth-order valence-corrected chi connectivity index (χ4v) is 3.93. The maximum absolute atomic E-state index is 12.2. The number of unbranched alkanes of at least 4 members (excludes halogenated alkanes) is 3. The van der Waals surface area contributed by atoms with Gasteiger partial charge in [-0.1, -0.05) is 43.2 Å². The van der Waals surface area contributed by atoms with Crippen LogP contribution >= 0.6 is 29.3 Å². The predicted octanol–water partition coefficient (Wildman–Crippen LogP) is 4.63. The zero-order valence-electron chi connectivity index (χ0n) is 9.24. The van der Waals surface area contributed by atoms with E-state index < -0.39 is 6.49 Å². The highest BCUT2D eigenvalue weighted by molar-refractivity contribution is 7.95. The average Bonchev–Trinajstić information content (AvgIpc) is 2.30. The van der Waals surface area contributed by atoms with Crippen LogP contribution in [0.4, 0.5) is 0 Å². The lowest BCUT2D eigenvalue weighted by Gasteiger charge is -2.10. The smallest absolute Gasteiger partial charge is 0.197 e. The highest BCUT2D eigenvalue weighted by Crippen LogP contribution is 2.50. The van der Waals surface area contributed by atoms with Gasteiger partial charge in [0.05, 0.1) is 0 Å². The fourth-order valence-electron chi connectivity index (χ4n) is 1.54. The first kappa shape index (κ1) is 14.1. The summed E-state index contributed by atoms with van der Waals surface area (Å²) in [5.74, 6) is 0.706. The lowest BCUT2D eigenvalue weighted by Crippen LogP contribution is -2.02. The minimum absolute atomic E-state index is 0.584. The van der Waals surface area contributed by atoms with E-state index in [2.05, 4.69) is 0 Å². The van der Waals surface area contributed by atoms with E-state index >= 15 is 0 Å². The van der Waals surface area contributed by atoms with Crippen molar-refractivity contribution < 1.29 is 4.57 Å². The Kier molecular flexibility index (Phi) is 6.49. The molecule has 1 unspecified atom stereocenters. The first-order valence-electron chi connectivity index (χ1n) is 5.57. The second-order valence-corrected chi connectivity index (χ2v) is 8.10. The molecule has 0 saturated carbocycles. The molecule has 4 heteroatoms. The molecular weight excluding hydrogens is 262 g/mol. The molecule has 1 aromatic carbocycles. The number of hydrogen-bond acceptors (Lipinski definition) is 1. The van der Waals surface area contributed by atoms with Gasteiger partial charge >= 0.3 is 0 Å². The standard InChI is InChI=1S/C12H17Cl2OP/c13-10-6-1-2-7-11-16(14,15)12-8-4-3-5-9-12/h3-5,8-9H,1-2,6-7,10-11H2. The van der Waals surface area contributed by atoms with Crippen LogP contribution in [0.25, 0.3) is 0 Å². The molecule has 0 aliphatic heterocycles. The largest absolute Gasteiger partial charge is 0.302 e. The van der Waals surface area contributed by atoms with E-state index in [4.69, 9.17) is 22.8 Å². The maximum atomic E-state index is 12.2. The van der Waals surface area contributed by atoms with E-state index in [0.717, 1.165) is 31.0 Å². The summed E-state index contributed by atoms with van der Waals surface area (Å²) >= 11 is 11.7. The zero-order chi connectivity index (χ0) is 11.9. The van der Waals surface area contributed by atoms with Crippen LogP contribution in [0.3, 0.4) is 0 Å². The number of benzene rings is 1. The Hall–Kier alpha value is 0.0300. The lowest BCUT2D eigenvalue weighted by molar-refractivity contribution is 0.586. The first-order chi connectivity index (χ1) is 7.67. The van der Waals surface area contributed by atoms with Crippen LogP contribution in [0.2, 0.25) is 0 Å². The molecule has 0 aliphatic carbocycles. The number of hydrogen-bond donors (Lipinski definition) is 0. The van der Waals surface area contributed by atoms with E-state index in [9.17, 15) is 4.57 Å². The summed E-state index contributed by atoms with van der Waals surface area (Å²) in [4.78, 5) is 0. The van der Waals surface area contributed by atoms with Gasteiger partial charge in [-0.25, -0.2) is 0 Å². The molecule has 16 heavy (non-hydrogen) atoms. The van der Waals surface area contributed by atoms with Crippen molar-refractivity contribution in [1.82, 2.24) is 0 Å². The molecule has 1 nitrogen and oxygen atoms in total. The van der Waals surface area contributed by atoms with Crippen LogP contribution in [0.15, 0.2) is 30.3 Å². The van der Waals surface area contributed by atoms with Crippen molar-refractivity contribution in [2.45, 2.75) is 25.7 Å². The molecule has 0 fully saturated rings. The Labute approximate surface area is 107 Å². The van der Waals surface area contributed by atoms with Gasteiger partial charge < -0.3 is 4.57 Å². The third-order valence-corrected chi connectivity index (χ3v) is 5.79. The van der Waals surface area contributed by atoms with Crippen LogP contribution in [-0.4, -0.2) is 12.0 Å². The van der Waals surface area contributed by atoms with Gasteiger partial charge in [0.1, 0.15) is 0 Å². The van der Waals surface area contributed by atoms with E-state index in [1.165, 1.54) is 0 Å². The first-order valence-corrected chi connectivity index (χ1v) is 8.90. The van der Waals surface area contributed by atoms with E-state index in [1.54, 1.807) is 0 Å². The number of rotatable bonds is 7. The minimum Gasteiger partial charge on any atom is -0.302 e. The van der Waals surface area contributed by atoms with Gasteiger partial charge in [-0.3, -0.25) is 0 Å². The Bertz CT molecular complexity index is 340. The molecule has 0 spiro atoms. The van der Waals surface area contributed by atoms with Crippen molar-refractivity contribution in [2.24, 2.45) is 0 Å². The SMILES string of the molecule is O=P(Cl)(CCCCCCCl)c1ccccc1. The van der Waals surface area contributed by atoms with Crippen LogP contribution in [0.5, 0.6) is 0 Å². The molecule has 0 N–H and O–H groups in total. The van der Waals surface area contributed by atoms with E-state index in [-0.39, 0.29) is 0 Å². The topological polar surface area (TPSA) is 17.1 Å². The third kappa shape index (κ3) is 4.91. The molecule has 0 radical (unpaired) electrons. The molecule has 1 atom stereocenters. The molecule has 0 saturated heterocycles. The summed E-state index contributed by atoms with van der Waals surface area (Å²) in [5, 5.41) is 0.772. The summed E-state index contributed by atoms with van der Waals surface area (Å²) in [6.07, 6.45) is 4.67. The Morgan fingerprint density at radius 3 is 2.25 bits per heavy atom. The average molecular weight is 279 g/mol. The van der Waals surface area contributed by atoms with E-state index in [0.29, 0.717) is 12.0 Å². The number of halogens is 2. The van der Waals surface area contributed by atoms with Gasteiger partial charge in [-0.05, 0) is 24.1 Å². The minimum atomic E-state index is -2.65. The van der Waals surface area contributed by atoms with Crippen LogP contribution < -0.4 is 5.30 Å². The van der Waals surface area contributed by atoms with Crippen molar-refractivity contribution in [3.63, 3.8) is 0 Å². The molecular formula is C12H17Cl2OP. The summed E-state index contributed by atoms with van der Waals surface area (Å²) < 4.78 is 12.2. The second-order valence-electron chi connectivity index (χ2n) is 3.81. The Balaban J connectivity index is 2.38. The van der Waals surface area contributed by atoms with Gasteiger partial charge in [-0.2, -0.15) is 0 Å². The molecule has 0 bridgehead atoms. The normalized spacial score (nSPS) is 14.6. The van der Waals surface area contributed by atoms with Gasteiger partial charge in [0.25, 0.3) is 0 Å². The zero-order valence-corrected chi connectivity index (χ0v) is 11.6. The molecule has 1 rings (SSSR count). The lowest BCUT2D eigenvalue weighted by atomic mass is 10.2. The van der Waals surface area contributed by atoms with Gasteiger partial charge in [0.15, 0.2) is 6.49 Å². The maximum Gasteiger partial charge on any atom is 0.197 e. The molecule has 90 valence electrons. The van der Waals surface area contributed by atoms with E-state index in [1.807, 2.05) is 30.3 Å². The second kappa shape index (κ2) is 7.37. The number of alkyl halides is 1. The molecule has 0 aromatic heterocycles. The summed E-state index contributed by atoms with van der Waals surface area (Å²) in [6, 6.07) is 9.33.